The Morgan fingerprint density at radius 3 is 0.727 bits per heavy atom. The molecular weight excluding hydrogens is 1690 g/mol. The van der Waals surface area contributed by atoms with Gasteiger partial charge >= 0.3 is 156 Å². The van der Waals surface area contributed by atoms with E-state index >= 15 is 70.2 Å². The molecule has 0 spiro atoms. The van der Waals surface area contributed by atoms with Gasteiger partial charge in [0.05, 0.1) is 0 Å². The molecule has 0 fully saturated rings. The van der Waals surface area contributed by atoms with Gasteiger partial charge in [-0.2, -0.15) is 167 Å². The second-order valence-corrected chi connectivity index (χ2v) is 20.1. The smallest absolute Gasteiger partial charge is 0.459 e. The molecule has 0 saturated heterocycles. The Labute approximate surface area is 579 Å². The Balaban J connectivity index is 0. The lowest BCUT2D eigenvalue weighted by atomic mass is 9.76. The predicted molar refractivity (Wildman–Crippen MR) is 258 cm³/mol. The van der Waals surface area contributed by atoms with Crippen molar-refractivity contribution >= 4 is 35.8 Å². The Morgan fingerprint density at radius 2 is 0.509 bits per heavy atom. The highest BCUT2D eigenvalue weighted by Gasteiger charge is 2.95. The standard InChI is InChI=1S/C26H19F23O9.C24H19F19O9/c1-5-12(50)53-8-11(18(29,30)21(35,36)37)56-24(44,45)15(4,25(46,47)57-16(27,9-54-13(51)6-2)19(31,32)22(38,39)40)26(48,49)58-17(28,10-55-14(52)7-3)20(33,34)23(41,42)43;1-5-12(44)47-8-11(18(29,30)31)50-22(38,39)19(15(4,25)26,23(40,41)51-16(27,20(32,33)34)9-48-13(45)6-2)24(42,43)52-17(28,21(35,36)37)10-49-14(46)7-3/h5-7,11H,1-3,8-10H2,4H3;5-7,11H,1-3,8-10H2,4H3. The van der Waals surface area contributed by atoms with Crippen LogP contribution in [-0.2, 0) is 85.6 Å². The number of carbonyl (C=O) groups is 6. The summed E-state index contributed by atoms with van der Waals surface area (Å²) in [7, 11) is 0. The minimum Gasteiger partial charge on any atom is -0.460 e. The average molecular weight is 1720 g/mol. The molecule has 0 aromatic carbocycles. The number of ether oxygens (including phenoxy) is 12. The number of hydrogen-bond acceptors (Lipinski definition) is 18. The van der Waals surface area contributed by atoms with Crippen LogP contribution in [0.4, 0.5) is 184 Å². The Morgan fingerprint density at radius 1 is 0.282 bits per heavy atom. The topological polar surface area (TPSA) is 213 Å². The Hall–Kier alpha value is -7.92. The second kappa shape index (κ2) is 34.2. The van der Waals surface area contributed by atoms with Crippen molar-refractivity contribution in [2.45, 2.75) is 147 Å². The molecule has 6 unspecified atom stereocenters. The predicted octanol–water partition coefficient (Wildman–Crippen LogP) is 15.3. The Bertz CT molecular complexity index is 3120. The molecule has 0 aliphatic rings. The number of carbonyl (C=O) groups excluding carboxylic acids is 6. The van der Waals surface area contributed by atoms with Crippen molar-refractivity contribution in [2.24, 2.45) is 10.8 Å². The largest absolute Gasteiger partial charge is 0.460 e. The molecule has 0 amide bonds. The number of alkyl halides is 42. The summed E-state index contributed by atoms with van der Waals surface area (Å²) in [5, 5.41) is 0. The lowest BCUT2D eigenvalue weighted by Crippen LogP contribution is -2.76. The van der Waals surface area contributed by atoms with E-state index in [0.717, 1.165) is 0 Å². The quantitative estimate of drug-likeness (QED) is 0.0241. The van der Waals surface area contributed by atoms with E-state index in [2.05, 4.69) is 96.3 Å². The van der Waals surface area contributed by atoms with Crippen LogP contribution in [0.3, 0.4) is 0 Å². The number of hydrogen-bond donors (Lipinski definition) is 0. The lowest BCUT2D eigenvalue weighted by molar-refractivity contribution is -0.575. The van der Waals surface area contributed by atoms with Crippen molar-refractivity contribution in [1.29, 1.82) is 0 Å². The van der Waals surface area contributed by atoms with Crippen LogP contribution in [0.5, 0.6) is 0 Å². The van der Waals surface area contributed by atoms with Gasteiger partial charge in [-0.1, -0.05) is 39.5 Å². The zero-order chi connectivity index (χ0) is 88.6. The highest BCUT2D eigenvalue weighted by Crippen LogP contribution is 2.69. The molecule has 0 aliphatic heterocycles. The van der Waals surface area contributed by atoms with E-state index in [1.165, 1.54) is 0 Å². The van der Waals surface area contributed by atoms with Gasteiger partial charge in [0.1, 0.15) is 13.2 Å². The van der Waals surface area contributed by atoms with Gasteiger partial charge in [-0.3, -0.25) is 18.9 Å². The van der Waals surface area contributed by atoms with Crippen LogP contribution in [0.15, 0.2) is 75.9 Å². The van der Waals surface area contributed by atoms with E-state index in [0.29, 0.717) is 0 Å². The average Bonchev–Trinajstić information content (AvgIpc) is 0.686. The molecule has 0 aromatic rings. The van der Waals surface area contributed by atoms with Crippen LogP contribution < -0.4 is 0 Å². The third-order valence-corrected chi connectivity index (χ3v) is 12.5. The van der Waals surface area contributed by atoms with Crippen LogP contribution in [-0.4, -0.2) is 208 Å². The summed E-state index contributed by atoms with van der Waals surface area (Å²) in [4.78, 5) is 66.9. The SMILES string of the molecule is C=CC(=O)OCC(OC(F)(F)C(C(C)(F)F)(C(F)(F)OC(F)(COC(=O)C=C)C(F)(F)F)C(F)(F)OC(F)(COC(=O)C=C)C(F)(F)F)C(F)(F)F.C=CC(=O)OCC(OC(F)(F)C(C)(C(F)(F)OC(F)(COC(=O)C=C)C(F)(F)C(F)(F)F)C(F)(F)OC(F)(COC(=O)C=C)C(F)(F)C(F)(F)F)C(F)(F)C(F)(F)F. The molecule has 0 bridgehead atoms. The molecule has 0 aromatic heterocycles. The van der Waals surface area contributed by atoms with Crippen molar-refractivity contribution in [3.8, 4) is 0 Å². The van der Waals surface area contributed by atoms with Crippen LogP contribution in [0.25, 0.3) is 0 Å². The number of rotatable bonds is 40. The first kappa shape index (κ1) is 104. The third kappa shape index (κ3) is 22.3. The van der Waals surface area contributed by atoms with Crippen LogP contribution in [0.2, 0.25) is 0 Å². The Kier molecular flexibility index (Phi) is 32.4. The normalized spacial score (nSPS) is 17.8. The van der Waals surface area contributed by atoms with Crippen LogP contribution in [0.1, 0.15) is 13.8 Å². The highest BCUT2D eigenvalue weighted by atomic mass is 19.5. The van der Waals surface area contributed by atoms with Gasteiger partial charge in [-0.25, -0.2) is 46.3 Å². The summed E-state index contributed by atoms with van der Waals surface area (Å²) in [5.41, 5.74) is -16.1. The zero-order valence-electron chi connectivity index (χ0n) is 52.3. The third-order valence-electron chi connectivity index (χ3n) is 12.5. The fraction of sp³-hybridized carbons (Fsp3) is 0.640. The van der Waals surface area contributed by atoms with E-state index in [1.807, 2.05) is 0 Å². The van der Waals surface area contributed by atoms with Gasteiger partial charge in [-0.15, -0.1) is 0 Å². The molecule has 0 saturated carbocycles. The summed E-state index contributed by atoms with van der Waals surface area (Å²) >= 11 is 0. The van der Waals surface area contributed by atoms with Crippen molar-refractivity contribution < 1.29 is 270 Å². The van der Waals surface area contributed by atoms with Gasteiger partial charge in [0.15, 0.2) is 38.6 Å². The summed E-state index contributed by atoms with van der Waals surface area (Å²) in [6.45, 7) is -9.39. The maximum atomic E-state index is 15.7. The van der Waals surface area contributed by atoms with E-state index in [4.69, 9.17) is 0 Å². The fourth-order valence-corrected chi connectivity index (χ4v) is 6.56. The minimum atomic E-state index is -8.43. The first-order chi connectivity index (χ1) is 48.3. The van der Waals surface area contributed by atoms with Crippen LogP contribution >= 0.6 is 0 Å². The first-order valence-electron chi connectivity index (χ1n) is 26.1. The van der Waals surface area contributed by atoms with Crippen LogP contribution in [0, 0.1) is 10.8 Å². The summed E-state index contributed by atoms with van der Waals surface area (Å²) in [5.74, 6) is -72.1. The number of esters is 6. The number of halogens is 42. The molecule has 0 heterocycles. The van der Waals surface area contributed by atoms with E-state index in [1.54, 1.807) is 0 Å². The van der Waals surface area contributed by atoms with E-state index in [-0.39, 0.29) is 36.5 Å². The molecule has 60 heteroatoms. The monoisotopic (exact) mass is 1720 g/mol. The minimum absolute atomic E-state index is 0.0751. The maximum Gasteiger partial charge on any atom is 0.459 e. The summed E-state index contributed by atoms with van der Waals surface area (Å²) in [6.07, 6.45) is -105. The van der Waals surface area contributed by atoms with Crippen molar-refractivity contribution in [1.82, 2.24) is 0 Å². The summed E-state index contributed by atoms with van der Waals surface area (Å²) < 4.78 is 639. The fourth-order valence-electron chi connectivity index (χ4n) is 6.56. The maximum absolute atomic E-state index is 15.7. The highest BCUT2D eigenvalue weighted by molar-refractivity contribution is 5.83. The molecule has 0 N–H and O–H groups in total. The van der Waals surface area contributed by atoms with Gasteiger partial charge in [0.2, 0.25) is 5.41 Å². The van der Waals surface area contributed by atoms with E-state index in [9.17, 15) is 143 Å². The molecule has 110 heavy (non-hydrogen) atoms. The molecular formula is C50H38F42O18. The lowest BCUT2D eigenvalue weighted by Gasteiger charge is -2.51. The van der Waals surface area contributed by atoms with Gasteiger partial charge in [-0.05, 0) is 6.92 Å². The summed E-state index contributed by atoms with van der Waals surface area (Å²) in [6, 6.07) is 0. The van der Waals surface area contributed by atoms with Gasteiger partial charge in [0, 0.05) is 43.4 Å². The van der Waals surface area contributed by atoms with Gasteiger partial charge < -0.3 is 37.9 Å². The van der Waals surface area contributed by atoms with Crippen molar-refractivity contribution in [3.05, 3.63) is 75.9 Å². The molecule has 18 nitrogen and oxygen atoms in total. The first-order valence-corrected chi connectivity index (χ1v) is 26.1. The molecule has 0 radical (unpaired) electrons. The molecule has 6 atom stereocenters. The van der Waals surface area contributed by atoms with E-state index < -0.39 is 233 Å². The zero-order valence-corrected chi connectivity index (χ0v) is 52.3. The molecule has 0 rings (SSSR count). The van der Waals surface area contributed by atoms with Crippen molar-refractivity contribution in [2.75, 3.05) is 39.6 Å². The van der Waals surface area contributed by atoms with Crippen molar-refractivity contribution in [3.63, 3.8) is 0 Å². The van der Waals surface area contributed by atoms with Gasteiger partial charge in [0.25, 0.3) is 5.92 Å². The molecule has 640 valence electrons. The molecule has 0 aliphatic carbocycles. The second-order valence-electron chi connectivity index (χ2n) is 20.1.